The summed E-state index contributed by atoms with van der Waals surface area (Å²) in [6, 6.07) is 6.67. The highest BCUT2D eigenvalue weighted by Crippen LogP contribution is 2.28. The molecule has 1 rings (SSSR count). The maximum atomic E-state index is 6.31. The zero-order valence-corrected chi connectivity index (χ0v) is 11.4. The minimum absolute atomic E-state index is 0.355. The number of rotatable bonds is 5. The van der Waals surface area contributed by atoms with Gasteiger partial charge < -0.3 is 5.32 Å². The van der Waals surface area contributed by atoms with E-state index in [1.54, 1.807) is 0 Å². The van der Waals surface area contributed by atoms with Crippen LogP contribution in [0.4, 0.5) is 0 Å². The topological polar surface area (TPSA) is 12.0 Å². The fraction of sp³-hybridized carbons (Fsp3) is 0.571. The lowest BCUT2D eigenvalue weighted by Gasteiger charge is -2.24. The second kappa shape index (κ2) is 6.27. The third-order valence-electron chi connectivity index (χ3n) is 2.77. The molecule has 0 radical (unpaired) electrons. The summed E-state index contributed by atoms with van der Waals surface area (Å²) >= 11 is 6.31. The average molecular weight is 240 g/mol. The van der Waals surface area contributed by atoms with Crippen molar-refractivity contribution in [2.75, 3.05) is 6.54 Å². The number of hydrogen-bond acceptors (Lipinski definition) is 1. The van der Waals surface area contributed by atoms with E-state index in [9.17, 15) is 0 Å². The fourth-order valence-electron chi connectivity index (χ4n) is 1.89. The largest absolute Gasteiger partial charge is 0.310 e. The maximum Gasteiger partial charge on any atom is 0.0456 e. The number of benzene rings is 1. The highest BCUT2D eigenvalue weighted by Gasteiger charge is 2.17. The van der Waals surface area contributed by atoms with E-state index in [0.717, 1.165) is 18.0 Å². The van der Waals surface area contributed by atoms with Gasteiger partial charge in [0.25, 0.3) is 0 Å². The Morgan fingerprint density at radius 2 is 2.00 bits per heavy atom. The van der Waals surface area contributed by atoms with Crippen molar-refractivity contribution in [3.8, 4) is 0 Å². The summed E-state index contributed by atoms with van der Waals surface area (Å²) in [7, 11) is 0. The molecule has 0 spiro atoms. The van der Waals surface area contributed by atoms with Gasteiger partial charge in [0.05, 0.1) is 0 Å². The van der Waals surface area contributed by atoms with Crippen molar-refractivity contribution in [3.63, 3.8) is 0 Å². The van der Waals surface area contributed by atoms with Gasteiger partial charge in [-0.05, 0) is 43.0 Å². The number of nitrogens with one attached hydrogen (secondary N) is 1. The zero-order valence-electron chi connectivity index (χ0n) is 10.7. The van der Waals surface area contributed by atoms with Gasteiger partial charge in [-0.1, -0.05) is 44.5 Å². The van der Waals surface area contributed by atoms with E-state index in [-0.39, 0.29) is 0 Å². The van der Waals surface area contributed by atoms with E-state index in [1.165, 1.54) is 11.1 Å². The summed E-state index contributed by atoms with van der Waals surface area (Å²) in [5, 5.41) is 4.44. The fourth-order valence-corrected chi connectivity index (χ4v) is 2.24. The van der Waals surface area contributed by atoms with Gasteiger partial charge in [-0.25, -0.2) is 0 Å². The van der Waals surface area contributed by atoms with E-state index < -0.39 is 0 Å². The van der Waals surface area contributed by atoms with E-state index in [0.29, 0.717) is 12.0 Å². The van der Waals surface area contributed by atoms with Crippen LogP contribution in [0.1, 0.15) is 44.4 Å². The minimum atomic E-state index is 0.355. The van der Waals surface area contributed by atoms with Crippen LogP contribution in [0.25, 0.3) is 0 Å². The van der Waals surface area contributed by atoms with Crippen molar-refractivity contribution in [2.45, 2.75) is 40.2 Å². The molecule has 2 heteroatoms. The average Bonchev–Trinajstić information content (AvgIpc) is 2.20. The summed E-state index contributed by atoms with van der Waals surface area (Å²) in [4.78, 5) is 0. The molecule has 0 fully saturated rings. The smallest absolute Gasteiger partial charge is 0.0456 e. The first-order valence-electron chi connectivity index (χ1n) is 6.05. The van der Waals surface area contributed by atoms with Crippen molar-refractivity contribution in [1.82, 2.24) is 5.32 Å². The predicted octanol–water partition coefficient (Wildman–Crippen LogP) is 4.35. The van der Waals surface area contributed by atoms with Crippen molar-refractivity contribution >= 4 is 11.6 Å². The molecular weight excluding hydrogens is 218 g/mol. The lowest BCUT2D eigenvalue weighted by Crippen LogP contribution is -2.26. The Balaban J connectivity index is 2.92. The van der Waals surface area contributed by atoms with Crippen LogP contribution in [0.5, 0.6) is 0 Å². The Bertz CT molecular complexity index is 334. The van der Waals surface area contributed by atoms with Gasteiger partial charge in [0.15, 0.2) is 0 Å². The quantitative estimate of drug-likeness (QED) is 0.806. The molecule has 1 aromatic carbocycles. The standard InChI is InChI=1S/C14H22ClN/c1-5-8-16-14(10(2)3)12-7-6-11(4)9-13(12)15/h6-7,9-10,14,16H,5,8H2,1-4H3. The summed E-state index contributed by atoms with van der Waals surface area (Å²) in [6.07, 6.45) is 1.15. The molecule has 0 bridgehead atoms. The van der Waals surface area contributed by atoms with Crippen molar-refractivity contribution < 1.29 is 0 Å². The lowest BCUT2D eigenvalue weighted by molar-refractivity contribution is 0.413. The molecule has 0 aliphatic heterocycles. The number of hydrogen-bond donors (Lipinski definition) is 1. The molecule has 0 aromatic heterocycles. The molecule has 0 heterocycles. The summed E-state index contributed by atoms with van der Waals surface area (Å²) in [6.45, 7) is 9.74. The van der Waals surface area contributed by atoms with Crippen LogP contribution in [0, 0.1) is 12.8 Å². The first kappa shape index (κ1) is 13.5. The van der Waals surface area contributed by atoms with Gasteiger partial charge in [0, 0.05) is 11.1 Å². The summed E-state index contributed by atoms with van der Waals surface area (Å²) in [5.74, 6) is 0.548. The third-order valence-corrected chi connectivity index (χ3v) is 3.10. The Hall–Kier alpha value is -0.530. The van der Waals surface area contributed by atoms with Crippen LogP contribution in [0.15, 0.2) is 18.2 Å². The lowest BCUT2D eigenvalue weighted by atomic mass is 9.95. The maximum absolute atomic E-state index is 6.31. The second-order valence-corrected chi connectivity index (χ2v) is 5.11. The van der Waals surface area contributed by atoms with Crippen molar-refractivity contribution in [2.24, 2.45) is 5.92 Å². The van der Waals surface area contributed by atoms with Gasteiger partial charge in [0.1, 0.15) is 0 Å². The van der Waals surface area contributed by atoms with Gasteiger partial charge in [-0.3, -0.25) is 0 Å². The van der Waals surface area contributed by atoms with Gasteiger partial charge >= 0.3 is 0 Å². The predicted molar refractivity (Wildman–Crippen MR) is 72.1 cm³/mol. The first-order chi connectivity index (χ1) is 7.56. The number of halogens is 1. The monoisotopic (exact) mass is 239 g/mol. The Morgan fingerprint density at radius 1 is 1.31 bits per heavy atom. The molecule has 1 N–H and O–H groups in total. The van der Waals surface area contributed by atoms with Gasteiger partial charge in [-0.2, -0.15) is 0 Å². The van der Waals surface area contributed by atoms with Gasteiger partial charge in [0.2, 0.25) is 0 Å². The van der Waals surface area contributed by atoms with Crippen LogP contribution in [-0.2, 0) is 0 Å². The van der Waals surface area contributed by atoms with Crippen molar-refractivity contribution in [1.29, 1.82) is 0 Å². The second-order valence-electron chi connectivity index (χ2n) is 4.70. The van der Waals surface area contributed by atoms with E-state index >= 15 is 0 Å². The normalized spacial score (nSPS) is 13.1. The van der Waals surface area contributed by atoms with Crippen molar-refractivity contribution in [3.05, 3.63) is 34.3 Å². The molecule has 16 heavy (non-hydrogen) atoms. The molecule has 1 unspecified atom stereocenters. The molecule has 1 nitrogen and oxygen atoms in total. The Morgan fingerprint density at radius 3 is 2.50 bits per heavy atom. The molecule has 0 aliphatic carbocycles. The van der Waals surface area contributed by atoms with E-state index in [2.05, 4.69) is 45.1 Å². The molecule has 0 aliphatic rings. The molecule has 0 amide bonds. The highest BCUT2D eigenvalue weighted by molar-refractivity contribution is 6.31. The Kier molecular flexibility index (Phi) is 5.30. The zero-order chi connectivity index (χ0) is 12.1. The Labute approximate surface area is 104 Å². The molecule has 0 saturated heterocycles. The SMILES string of the molecule is CCCNC(c1ccc(C)cc1Cl)C(C)C. The molecule has 1 atom stereocenters. The van der Waals surface area contributed by atoms with Crippen LogP contribution in [0.2, 0.25) is 5.02 Å². The summed E-state index contributed by atoms with van der Waals surface area (Å²) < 4.78 is 0. The van der Waals surface area contributed by atoms with E-state index in [4.69, 9.17) is 11.6 Å². The van der Waals surface area contributed by atoms with E-state index in [1.807, 2.05) is 6.07 Å². The summed E-state index contributed by atoms with van der Waals surface area (Å²) in [5.41, 5.74) is 2.43. The molecule has 90 valence electrons. The first-order valence-corrected chi connectivity index (χ1v) is 6.43. The van der Waals surface area contributed by atoms with Crippen LogP contribution >= 0.6 is 11.6 Å². The molecular formula is C14H22ClN. The molecule has 0 saturated carbocycles. The van der Waals surface area contributed by atoms with Crippen LogP contribution < -0.4 is 5.32 Å². The van der Waals surface area contributed by atoms with Crippen LogP contribution in [0.3, 0.4) is 0 Å². The highest BCUT2D eigenvalue weighted by atomic mass is 35.5. The molecule has 1 aromatic rings. The van der Waals surface area contributed by atoms with Crippen LogP contribution in [-0.4, -0.2) is 6.54 Å². The van der Waals surface area contributed by atoms with Gasteiger partial charge in [-0.15, -0.1) is 0 Å². The number of aryl methyl sites for hydroxylation is 1. The third kappa shape index (κ3) is 3.50. The minimum Gasteiger partial charge on any atom is -0.310 e.